The van der Waals surface area contributed by atoms with Crippen molar-refractivity contribution in [1.82, 2.24) is 0 Å². The molecule has 15 heavy (non-hydrogen) atoms. The van der Waals surface area contributed by atoms with Crippen molar-refractivity contribution in [3.05, 3.63) is 23.8 Å². The molecule has 1 aliphatic rings. The van der Waals surface area contributed by atoms with Crippen LogP contribution in [0.1, 0.15) is 74.1 Å². The van der Waals surface area contributed by atoms with Gasteiger partial charge in [0.25, 0.3) is 0 Å². The molecule has 0 aromatic heterocycles. The van der Waals surface area contributed by atoms with E-state index in [9.17, 15) is 0 Å². The molecule has 0 fully saturated rings. The van der Waals surface area contributed by atoms with Crippen LogP contribution in [0.2, 0.25) is 0 Å². The molecule has 0 N–H and O–H groups in total. The number of rotatable bonds is 2. The predicted molar refractivity (Wildman–Crippen MR) is 75.4 cm³/mol. The van der Waals surface area contributed by atoms with Gasteiger partial charge >= 0.3 is 0 Å². The quantitative estimate of drug-likeness (QED) is 0.515. The van der Waals surface area contributed by atoms with Gasteiger partial charge in [0.05, 0.1) is 0 Å². The third-order valence-electron chi connectivity index (χ3n) is 1.93. The molecule has 0 saturated heterocycles. The molecular formula is C15H32. The molecule has 0 amide bonds. The molecule has 0 aromatic rings. The summed E-state index contributed by atoms with van der Waals surface area (Å²) in [4.78, 5) is 0. The van der Waals surface area contributed by atoms with Gasteiger partial charge in [-0.05, 0) is 19.8 Å². The van der Waals surface area contributed by atoms with E-state index in [0.29, 0.717) is 0 Å². The van der Waals surface area contributed by atoms with Crippen LogP contribution >= 0.6 is 0 Å². The lowest BCUT2D eigenvalue weighted by atomic mass is 10.1. The first kappa shape index (κ1) is 20.0. The highest BCUT2D eigenvalue weighted by Gasteiger charge is 1.88. The van der Waals surface area contributed by atoms with Gasteiger partial charge in [-0.1, -0.05) is 78.2 Å². The average Bonchev–Trinajstić information content (AvgIpc) is 2.24. The Balaban J connectivity index is -0.000000162. The van der Waals surface area contributed by atoms with Crippen LogP contribution < -0.4 is 0 Å². The van der Waals surface area contributed by atoms with Crippen molar-refractivity contribution < 1.29 is 0 Å². The number of hydrogen-bond acceptors (Lipinski definition) is 0. The smallest absolute Gasteiger partial charge is 0.0285 e. The van der Waals surface area contributed by atoms with Crippen molar-refractivity contribution in [2.24, 2.45) is 0 Å². The molecule has 0 unspecified atom stereocenters. The number of allylic oxidation sites excluding steroid dienone is 4. The zero-order chi connectivity index (χ0) is 11.2. The van der Waals surface area contributed by atoms with E-state index in [0.717, 1.165) is 0 Å². The van der Waals surface area contributed by atoms with Crippen molar-refractivity contribution in [3.8, 4) is 0 Å². The SMILES string of the molecule is C.CC.CC1=CC=CCC1.CCCCC. The maximum absolute atomic E-state index is 2.21. The number of unbranched alkanes of at least 4 members (excludes halogenated alkanes) is 2. The first-order valence-corrected chi connectivity index (χ1v) is 6.13. The van der Waals surface area contributed by atoms with Crippen LogP contribution in [0, 0.1) is 0 Å². The van der Waals surface area contributed by atoms with Gasteiger partial charge < -0.3 is 0 Å². The molecule has 0 saturated carbocycles. The van der Waals surface area contributed by atoms with Gasteiger partial charge in [0, 0.05) is 0 Å². The lowest BCUT2D eigenvalue weighted by molar-refractivity contribution is 0.772. The standard InChI is InChI=1S/C7H10.C5H12.C2H6.CH4/c1-7-5-3-2-4-6-7;1-3-5-4-2;1-2;/h2-3,5H,4,6H2,1H3;3-5H2,1-2H3;1-2H3;1H4. The van der Waals surface area contributed by atoms with Crippen LogP contribution in [-0.4, -0.2) is 0 Å². The fourth-order valence-corrected chi connectivity index (χ4v) is 1.08. The monoisotopic (exact) mass is 212 g/mol. The van der Waals surface area contributed by atoms with E-state index in [-0.39, 0.29) is 7.43 Å². The third-order valence-corrected chi connectivity index (χ3v) is 1.93. The van der Waals surface area contributed by atoms with Crippen molar-refractivity contribution in [2.75, 3.05) is 0 Å². The van der Waals surface area contributed by atoms with Crippen molar-refractivity contribution in [3.63, 3.8) is 0 Å². The summed E-state index contributed by atoms with van der Waals surface area (Å²) in [6.07, 6.45) is 13.1. The Hall–Kier alpha value is -0.520. The molecule has 0 atom stereocenters. The topological polar surface area (TPSA) is 0 Å². The van der Waals surface area contributed by atoms with E-state index in [1.165, 1.54) is 37.7 Å². The van der Waals surface area contributed by atoms with Crippen LogP contribution in [0.25, 0.3) is 0 Å². The van der Waals surface area contributed by atoms with Gasteiger partial charge in [-0.15, -0.1) is 0 Å². The summed E-state index contributed by atoms with van der Waals surface area (Å²) in [7, 11) is 0. The fourth-order valence-electron chi connectivity index (χ4n) is 1.08. The average molecular weight is 212 g/mol. The van der Waals surface area contributed by atoms with Gasteiger partial charge in [0.2, 0.25) is 0 Å². The van der Waals surface area contributed by atoms with Gasteiger partial charge in [0.15, 0.2) is 0 Å². The van der Waals surface area contributed by atoms with Crippen molar-refractivity contribution in [2.45, 2.75) is 74.1 Å². The first-order valence-electron chi connectivity index (χ1n) is 6.13. The van der Waals surface area contributed by atoms with E-state index >= 15 is 0 Å². The molecule has 0 heterocycles. The molecule has 0 aliphatic heterocycles. The summed E-state index contributed by atoms with van der Waals surface area (Å²) in [6.45, 7) is 10.6. The molecule has 0 radical (unpaired) electrons. The van der Waals surface area contributed by atoms with E-state index in [1.54, 1.807) is 0 Å². The highest BCUT2D eigenvalue weighted by Crippen LogP contribution is 2.08. The van der Waals surface area contributed by atoms with Gasteiger partial charge in [-0.25, -0.2) is 0 Å². The highest BCUT2D eigenvalue weighted by atomic mass is 13.9. The third kappa shape index (κ3) is 19.8. The van der Waals surface area contributed by atoms with E-state index in [1.807, 2.05) is 13.8 Å². The van der Waals surface area contributed by atoms with Gasteiger partial charge in [0.1, 0.15) is 0 Å². The Morgan fingerprint density at radius 2 is 1.67 bits per heavy atom. The lowest BCUT2D eigenvalue weighted by Gasteiger charge is -1.98. The largest absolute Gasteiger partial charge is 0.0842 e. The van der Waals surface area contributed by atoms with E-state index in [2.05, 4.69) is 39.0 Å². The Labute approximate surface area is 98.5 Å². The van der Waals surface area contributed by atoms with Crippen LogP contribution in [0.4, 0.5) is 0 Å². The zero-order valence-corrected chi connectivity index (χ0v) is 10.8. The van der Waals surface area contributed by atoms with Crippen LogP contribution in [0.15, 0.2) is 23.8 Å². The van der Waals surface area contributed by atoms with E-state index in [4.69, 9.17) is 0 Å². The molecule has 92 valence electrons. The van der Waals surface area contributed by atoms with Crippen LogP contribution in [-0.2, 0) is 0 Å². The second-order valence-corrected chi connectivity index (χ2v) is 3.33. The molecule has 1 rings (SSSR count). The Morgan fingerprint density at radius 3 is 1.80 bits per heavy atom. The van der Waals surface area contributed by atoms with Crippen LogP contribution in [0.5, 0.6) is 0 Å². The summed E-state index contributed by atoms with van der Waals surface area (Å²) in [6, 6.07) is 0. The molecule has 0 aromatic carbocycles. The van der Waals surface area contributed by atoms with E-state index < -0.39 is 0 Å². The second-order valence-electron chi connectivity index (χ2n) is 3.33. The van der Waals surface area contributed by atoms with Gasteiger partial charge in [-0.2, -0.15) is 0 Å². The second kappa shape index (κ2) is 19.1. The minimum atomic E-state index is 0. The summed E-state index contributed by atoms with van der Waals surface area (Å²) in [5.74, 6) is 0. The minimum absolute atomic E-state index is 0. The number of hydrogen-bond donors (Lipinski definition) is 0. The maximum atomic E-state index is 2.21. The first-order chi connectivity index (χ1) is 6.81. The molecule has 0 spiro atoms. The maximum Gasteiger partial charge on any atom is -0.0285 e. The molecule has 1 aliphatic carbocycles. The van der Waals surface area contributed by atoms with Crippen LogP contribution in [0.3, 0.4) is 0 Å². The Morgan fingerprint density at radius 1 is 1.13 bits per heavy atom. The summed E-state index contributed by atoms with van der Waals surface area (Å²) >= 11 is 0. The molecule has 0 bridgehead atoms. The summed E-state index contributed by atoms with van der Waals surface area (Å²) in [5.41, 5.74) is 1.50. The molecular weight excluding hydrogens is 180 g/mol. The molecule has 0 heteroatoms. The lowest BCUT2D eigenvalue weighted by Crippen LogP contribution is -1.78. The van der Waals surface area contributed by atoms with Crippen molar-refractivity contribution in [1.29, 1.82) is 0 Å². The highest BCUT2D eigenvalue weighted by molar-refractivity contribution is 5.15. The zero-order valence-electron chi connectivity index (χ0n) is 10.8. The summed E-state index contributed by atoms with van der Waals surface area (Å²) < 4.78 is 0. The summed E-state index contributed by atoms with van der Waals surface area (Å²) in [5, 5.41) is 0. The Bertz CT molecular complexity index is 138. The fraction of sp³-hybridized carbons (Fsp3) is 0.733. The normalized spacial score (nSPS) is 12.2. The molecule has 0 nitrogen and oxygen atoms in total. The van der Waals surface area contributed by atoms with Crippen molar-refractivity contribution >= 4 is 0 Å². The Kier molecular flexibility index (Phi) is 25.4. The predicted octanol–water partition coefficient (Wildman–Crippen LogP) is 6.14. The van der Waals surface area contributed by atoms with Gasteiger partial charge in [-0.3, -0.25) is 0 Å². The minimum Gasteiger partial charge on any atom is -0.0842 e.